The number of aryl methyl sites for hydroxylation is 1. The third kappa shape index (κ3) is 5.78. The lowest BCUT2D eigenvalue weighted by atomic mass is 10.1. The molecule has 7 nitrogen and oxygen atoms in total. The molecule has 0 spiro atoms. The minimum absolute atomic E-state index is 0.318. The molecule has 0 saturated carbocycles. The first-order chi connectivity index (χ1) is 12.5. The molecule has 0 aliphatic heterocycles. The maximum absolute atomic E-state index is 12.4. The van der Waals surface area contributed by atoms with E-state index in [2.05, 4.69) is 5.32 Å². The number of carboxylic acids is 1. The third-order valence-electron chi connectivity index (χ3n) is 3.46. The highest BCUT2D eigenvalue weighted by Crippen LogP contribution is 2.22. The number of hydrogen-bond donors (Lipinski definition) is 2. The zero-order valence-electron chi connectivity index (χ0n) is 14.7. The van der Waals surface area contributed by atoms with Crippen LogP contribution < -0.4 is 14.8 Å². The Labute approximate surface area is 151 Å². The molecule has 0 radical (unpaired) electrons. The van der Waals surface area contributed by atoms with Crippen molar-refractivity contribution in [3.05, 3.63) is 53.6 Å². The Morgan fingerprint density at radius 3 is 2.50 bits per heavy atom. The van der Waals surface area contributed by atoms with Gasteiger partial charge in [0.05, 0.1) is 6.61 Å². The highest BCUT2D eigenvalue weighted by molar-refractivity contribution is 6.04. The number of carbonyl (C=O) groups excluding carboxylic acids is 1. The number of rotatable bonds is 9. The Hall–Kier alpha value is -3.06. The van der Waals surface area contributed by atoms with Gasteiger partial charge < -0.3 is 24.6 Å². The van der Waals surface area contributed by atoms with Crippen LogP contribution in [0, 0.1) is 6.92 Å². The van der Waals surface area contributed by atoms with E-state index in [0.717, 1.165) is 5.56 Å². The molecule has 0 aliphatic rings. The van der Waals surface area contributed by atoms with Gasteiger partial charge >= 0.3 is 5.97 Å². The van der Waals surface area contributed by atoms with E-state index in [0.29, 0.717) is 36.0 Å². The van der Waals surface area contributed by atoms with Gasteiger partial charge in [-0.15, -0.1) is 0 Å². The molecule has 0 aromatic heterocycles. The second kappa shape index (κ2) is 9.43. The predicted molar refractivity (Wildman–Crippen MR) is 96.1 cm³/mol. The fraction of sp³-hybridized carbons (Fsp3) is 0.263. The quantitative estimate of drug-likeness (QED) is 0.669. The Bertz CT molecular complexity index is 774. The minimum Gasteiger partial charge on any atom is -0.491 e. The van der Waals surface area contributed by atoms with Crippen molar-refractivity contribution in [2.24, 2.45) is 0 Å². The zero-order chi connectivity index (χ0) is 18.9. The summed E-state index contributed by atoms with van der Waals surface area (Å²) in [5.74, 6) is -0.384. The average molecular weight is 359 g/mol. The van der Waals surface area contributed by atoms with E-state index in [4.69, 9.17) is 19.3 Å². The predicted octanol–water partition coefficient (Wildman–Crippen LogP) is 2.74. The fourth-order valence-corrected chi connectivity index (χ4v) is 2.18. The molecule has 0 unspecified atom stereocenters. The maximum atomic E-state index is 12.4. The van der Waals surface area contributed by atoms with Gasteiger partial charge in [-0.2, -0.15) is 0 Å². The van der Waals surface area contributed by atoms with Crippen LogP contribution in [0.5, 0.6) is 11.5 Å². The maximum Gasteiger partial charge on any atom is 0.341 e. The molecule has 2 rings (SSSR count). The van der Waals surface area contributed by atoms with E-state index in [1.54, 1.807) is 37.4 Å². The van der Waals surface area contributed by atoms with E-state index >= 15 is 0 Å². The van der Waals surface area contributed by atoms with Crippen LogP contribution in [-0.2, 0) is 9.53 Å². The van der Waals surface area contributed by atoms with Gasteiger partial charge in [0, 0.05) is 18.4 Å². The topological polar surface area (TPSA) is 94.1 Å². The number of carbonyl (C=O) groups is 2. The smallest absolute Gasteiger partial charge is 0.341 e. The van der Waals surface area contributed by atoms with Crippen molar-refractivity contribution in [3.63, 3.8) is 0 Å². The monoisotopic (exact) mass is 359 g/mol. The molecule has 2 N–H and O–H groups in total. The molecule has 0 saturated heterocycles. The summed E-state index contributed by atoms with van der Waals surface area (Å²) < 4.78 is 15.6. The van der Waals surface area contributed by atoms with E-state index in [9.17, 15) is 9.59 Å². The van der Waals surface area contributed by atoms with Crippen LogP contribution in [-0.4, -0.2) is 43.9 Å². The van der Waals surface area contributed by atoms with E-state index in [-0.39, 0.29) is 5.91 Å². The van der Waals surface area contributed by atoms with Gasteiger partial charge in [-0.1, -0.05) is 6.07 Å². The molecule has 2 aromatic rings. The normalized spacial score (nSPS) is 10.2. The van der Waals surface area contributed by atoms with Crippen LogP contribution >= 0.6 is 0 Å². The van der Waals surface area contributed by atoms with Crippen LogP contribution in [0.4, 0.5) is 5.69 Å². The molecule has 2 aromatic carbocycles. The summed E-state index contributed by atoms with van der Waals surface area (Å²) in [6, 6.07) is 11.7. The first kappa shape index (κ1) is 19.3. The van der Waals surface area contributed by atoms with Gasteiger partial charge in [0.15, 0.2) is 6.61 Å². The van der Waals surface area contributed by atoms with Crippen molar-refractivity contribution in [2.75, 3.05) is 32.2 Å². The summed E-state index contributed by atoms with van der Waals surface area (Å²) >= 11 is 0. The lowest BCUT2D eigenvalue weighted by Crippen LogP contribution is -2.14. The standard InChI is InChI=1S/C19H21NO6/c1-13-10-16(25-9-8-24-2)6-7-17(13)20-19(23)14-4-3-5-15(11-14)26-12-18(21)22/h3-7,10-11H,8-9,12H2,1-2H3,(H,20,23)(H,21,22). The zero-order valence-corrected chi connectivity index (χ0v) is 14.7. The summed E-state index contributed by atoms with van der Waals surface area (Å²) in [7, 11) is 1.61. The number of aliphatic carboxylic acids is 1. The van der Waals surface area contributed by atoms with E-state index in [1.807, 2.05) is 13.0 Å². The number of nitrogens with one attached hydrogen (secondary N) is 1. The van der Waals surface area contributed by atoms with Crippen LogP contribution in [0.15, 0.2) is 42.5 Å². The lowest BCUT2D eigenvalue weighted by molar-refractivity contribution is -0.139. The van der Waals surface area contributed by atoms with Gasteiger partial charge in [-0.3, -0.25) is 4.79 Å². The Balaban J connectivity index is 2.03. The van der Waals surface area contributed by atoms with Gasteiger partial charge in [0.25, 0.3) is 5.91 Å². The summed E-state index contributed by atoms with van der Waals surface area (Å²) in [5.41, 5.74) is 1.88. The van der Waals surface area contributed by atoms with Gasteiger partial charge in [-0.25, -0.2) is 4.79 Å². The van der Waals surface area contributed by atoms with Crippen LogP contribution in [0.2, 0.25) is 0 Å². The molecule has 0 bridgehead atoms. The molecule has 0 atom stereocenters. The molecular weight excluding hydrogens is 338 g/mol. The summed E-state index contributed by atoms with van der Waals surface area (Å²) in [6.07, 6.45) is 0. The van der Waals surface area contributed by atoms with Crippen molar-refractivity contribution < 1.29 is 28.9 Å². The van der Waals surface area contributed by atoms with Crippen molar-refractivity contribution in [3.8, 4) is 11.5 Å². The van der Waals surface area contributed by atoms with Crippen LogP contribution in [0.1, 0.15) is 15.9 Å². The largest absolute Gasteiger partial charge is 0.491 e. The molecule has 138 valence electrons. The first-order valence-electron chi connectivity index (χ1n) is 7.98. The summed E-state index contributed by atoms with van der Waals surface area (Å²) in [4.78, 5) is 23.0. The molecule has 0 heterocycles. The van der Waals surface area contributed by atoms with E-state index < -0.39 is 12.6 Å². The van der Waals surface area contributed by atoms with Gasteiger partial charge in [-0.05, 0) is 48.9 Å². The number of methoxy groups -OCH3 is 1. The Morgan fingerprint density at radius 2 is 1.81 bits per heavy atom. The van der Waals surface area contributed by atoms with Crippen molar-refractivity contribution >= 4 is 17.6 Å². The average Bonchev–Trinajstić information content (AvgIpc) is 2.62. The highest BCUT2D eigenvalue weighted by atomic mass is 16.5. The van der Waals surface area contributed by atoms with Crippen molar-refractivity contribution in [1.82, 2.24) is 0 Å². The molecule has 0 fully saturated rings. The number of anilines is 1. The SMILES string of the molecule is COCCOc1ccc(NC(=O)c2cccc(OCC(=O)O)c2)c(C)c1. The lowest BCUT2D eigenvalue weighted by Gasteiger charge is -2.12. The summed E-state index contributed by atoms with van der Waals surface area (Å²) in [6.45, 7) is 2.35. The molecule has 7 heteroatoms. The van der Waals surface area contributed by atoms with Crippen LogP contribution in [0.3, 0.4) is 0 Å². The summed E-state index contributed by atoms with van der Waals surface area (Å²) in [5, 5.41) is 11.5. The highest BCUT2D eigenvalue weighted by Gasteiger charge is 2.10. The van der Waals surface area contributed by atoms with Gasteiger partial charge in [0.1, 0.15) is 18.1 Å². The second-order valence-corrected chi connectivity index (χ2v) is 5.48. The van der Waals surface area contributed by atoms with Crippen LogP contribution in [0.25, 0.3) is 0 Å². The minimum atomic E-state index is -1.08. The van der Waals surface area contributed by atoms with Gasteiger partial charge in [0.2, 0.25) is 0 Å². The number of ether oxygens (including phenoxy) is 3. The Morgan fingerprint density at radius 1 is 1.04 bits per heavy atom. The Kier molecular flexibility index (Phi) is 6.99. The molecule has 26 heavy (non-hydrogen) atoms. The number of hydrogen-bond acceptors (Lipinski definition) is 5. The number of carboxylic acid groups (broad SMARTS) is 1. The first-order valence-corrected chi connectivity index (χ1v) is 7.98. The van der Waals surface area contributed by atoms with E-state index in [1.165, 1.54) is 6.07 Å². The third-order valence-corrected chi connectivity index (χ3v) is 3.46. The number of benzene rings is 2. The van der Waals surface area contributed by atoms with Crippen molar-refractivity contribution in [1.29, 1.82) is 0 Å². The second-order valence-electron chi connectivity index (χ2n) is 5.48. The molecular formula is C19H21NO6. The fourth-order valence-electron chi connectivity index (χ4n) is 2.18. The van der Waals surface area contributed by atoms with Crippen molar-refractivity contribution in [2.45, 2.75) is 6.92 Å². The molecule has 1 amide bonds. The number of amides is 1. The molecule has 0 aliphatic carbocycles.